The molecule has 31 heavy (non-hydrogen) atoms. The van der Waals surface area contributed by atoms with Crippen LogP contribution in [0.25, 0.3) is 0 Å². The summed E-state index contributed by atoms with van der Waals surface area (Å²) in [5.41, 5.74) is -1.18. The van der Waals surface area contributed by atoms with Crippen LogP contribution in [0.5, 0.6) is 0 Å². The van der Waals surface area contributed by atoms with Crippen molar-refractivity contribution in [2.75, 3.05) is 52.5 Å². The quantitative estimate of drug-likeness (QED) is 0.607. The van der Waals surface area contributed by atoms with Crippen molar-refractivity contribution in [2.24, 2.45) is 0 Å². The second kappa shape index (κ2) is 10.3. The van der Waals surface area contributed by atoms with Crippen molar-refractivity contribution in [3.05, 3.63) is 28.8 Å². The highest BCUT2D eigenvalue weighted by Crippen LogP contribution is 2.36. The van der Waals surface area contributed by atoms with Crippen LogP contribution in [-0.2, 0) is 25.7 Å². The Morgan fingerprint density at radius 1 is 1.26 bits per heavy atom. The second-order valence-corrected chi connectivity index (χ2v) is 10.0. The highest BCUT2D eigenvalue weighted by atomic mass is 35.5. The smallest absolute Gasteiger partial charge is 0.389 e. The molecular weight excluding hydrogens is 461 g/mol. The molecule has 2 aliphatic heterocycles. The van der Waals surface area contributed by atoms with E-state index in [1.807, 2.05) is 4.90 Å². The van der Waals surface area contributed by atoms with Crippen molar-refractivity contribution in [3.63, 3.8) is 0 Å². The number of β-amino-alcohol motifs (C(OH)–C–C–N with tert-alkyl or cyclic N) is 1. The number of nitrogens with zero attached hydrogens (tertiary/aromatic N) is 2. The maximum absolute atomic E-state index is 13.1. The minimum Gasteiger partial charge on any atom is -0.389 e. The van der Waals surface area contributed by atoms with Crippen LogP contribution >= 0.6 is 11.6 Å². The number of hydrogen-bond acceptors (Lipinski definition) is 6. The lowest BCUT2D eigenvalue weighted by Crippen LogP contribution is -2.50. The van der Waals surface area contributed by atoms with Crippen molar-refractivity contribution >= 4 is 21.6 Å². The number of alkyl halides is 3. The number of aliphatic hydroxyl groups is 1. The molecule has 0 saturated carbocycles. The molecule has 0 radical (unpaired) electrons. The Bertz CT molecular complexity index is 841. The lowest BCUT2D eigenvalue weighted by Gasteiger charge is -2.35. The van der Waals surface area contributed by atoms with E-state index in [4.69, 9.17) is 21.1 Å². The fourth-order valence-corrected chi connectivity index (χ4v) is 5.32. The van der Waals surface area contributed by atoms with Gasteiger partial charge in [0.05, 0.1) is 40.9 Å². The molecule has 0 spiro atoms. The monoisotopic (exact) mass is 486 g/mol. The van der Waals surface area contributed by atoms with E-state index in [9.17, 15) is 26.7 Å². The number of ether oxygens (including phenoxy) is 2. The summed E-state index contributed by atoms with van der Waals surface area (Å²) in [5, 5.41) is 9.60. The van der Waals surface area contributed by atoms with E-state index in [1.165, 1.54) is 0 Å². The van der Waals surface area contributed by atoms with Crippen molar-refractivity contribution in [2.45, 2.75) is 36.1 Å². The Hall–Kier alpha value is -0.950. The molecule has 2 atom stereocenters. The summed E-state index contributed by atoms with van der Waals surface area (Å²) in [6, 6.07) is 2.59. The fraction of sp³-hybridized carbons (Fsp3) is 0.684. The number of aliphatic hydroxyl groups excluding tert-OH is 1. The molecule has 0 amide bonds. The molecule has 0 aromatic heterocycles. The summed E-state index contributed by atoms with van der Waals surface area (Å²) < 4.78 is 76.9. The molecule has 1 N–H and O–H groups in total. The normalized spacial score (nSPS) is 22.7. The van der Waals surface area contributed by atoms with Gasteiger partial charge in [-0.25, -0.2) is 8.42 Å². The summed E-state index contributed by atoms with van der Waals surface area (Å²) in [4.78, 5) is 1.45. The fourth-order valence-electron chi connectivity index (χ4n) is 3.65. The number of piperazine rings is 1. The summed E-state index contributed by atoms with van der Waals surface area (Å²) in [7, 11) is -4.09. The molecule has 2 heterocycles. The third-order valence-electron chi connectivity index (χ3n) is 5.32. The van der Waals surface area contributed by atoms with Gasteiger partial charge in [0.1, 0.15) is 0 Å². The average molecular weight is 487 g/mol. The van der Waals surface area contributed by atoms with E-state index in [0.29, 0.717) is 32.3 Å². The summed E-state index contributed by atoms with van der Waals surface area (Å²) in [5.74, 6) is 0. The molecule has 0 bridgehead atoms. The van der Waals surface area contributed by atoms with Crippen LogP contribution in [0.3, 0.4) is 0 Å². The van der Waals surface area contributed by atoms with Crippen LogP contribution in [0, 0.1) is 0 Å². The first kappa shape index (κ1) is 24.7. The third kappa shape index (κ3) is 6.53. The van der Waals surface area contributed by atoms with E-state index in [1.54, 1.807) is 0 Å². The second-order valence-electron chi connectivity index (χ2n) is 7.67. The molecule has 7 nitrogen and oxygen atoms in total. The van der Waals surface area contributed by atoms with Crippen molar-refractivity contribution in [1.82, 2.24) is 9.21 Å². The van der Waals surface area contributed by atoms with Gasteiger partial charge in [-0.15, -0.1) is 0 Å². The number of sulfonamides is 1. The van der Waals surface area contributed by atoms with Gasteiger partial charge in [0.25, 0.3) is 0 Å². The minimum absolute atomic E-state index is 0.0756. The number of rotatable bonds is 8. The van der Waals surface area contributed by atoms with Crippen LogP contribution in [0.15, 0.2) is 23.1 Å². The molecule has 2 fully saturated rings. The van der Waals surface area contributed by atoms with Gasteiger partial charge in [-0.05, 0) is 31.0 Å². The van der Waals surface area contributed by atoms with Crippen molar-refractivity contribution in [1.29, 1.82) is 0 Å². The molecule has 0 unspecified atom stereocenters. The van der Waals surface area contributed by atoms with Gasteiger partial charge >= 0.3 is 6.18 Å². The molecule has 1 aromatic rings. The SMILES string of the molecule is O=S(=O)(c1ccc(Cl)c(C(F)(F)F)c1)N1CCN(C[C@@H](O)COC[C@H]2CCCO2)CC1. The third-order valence-corrected chi connectivity index (χ3v) is 7.54. The van der Waals surface area contributed by atoms with Crippen LogP contribution in [0.2, 0.25) is 5.02 Å². The first-order chi connectivity index (χ1) is 14.6. The molecule has 2 saturated heterocycles. The number of benzene rings is 1. The maximum atomic E-state index is 13.1. The van der Waals surface area contributed by atoms with Crippen LogP contribution in [0.1, 0.15) is 18.4 Å². The van der Waals surface area contributed by atoms with Gasteiger partial charge in [0.2, 0.25) is 10.0 Å². The maximum Gasteiger partial charge on any atom is 0.417 e. The highest BCUT2D eigenvalue weighted by Gasteiger charge is 2.36. The standard InChI is InChI=1S/C19H26ClF3N2O5S/c20-18-4-3-16(10-17(18)19(21,22)23)31(27,28)25-7-5-24(6-8-25)11-14(26)12-29-13-15-2-1-9-30-15/h3-4,10,14-15,26H,1-2,5-9,11-13H2/t14-,15-/m1/s1. The lowest BCUT2D eigenvalue weighted by molar-refractivity contribution is -0.137. The summed E-state index contributed by atoms with van der Waals surface area (Å²) >= 11 is 5.58. The Labute approximate surface area is 184 Å². The molecule has 2 aliphatic rings. The Morgan fingerprint density at radius 2 is 1.97 bits per heavy atom. The number of halogens is 4. The molecule has 12 heteroatoms. The average Bonchev–Trinajstić information content (AvgIpc) is 3.21. The predicted molar refractivity (Wildman–Crippen MR) is 107 cm³/mol. The molecule has 176 valence electrons. The lowest BCUT2D eigenvalue weighted by atomic mass is 10.2. The minimum atomic E-state index is -4.75. The topological polar surface area (TPSA) is 79.3 Å². The van der Waals surface area contributed by atoms with Gasteiger partial charge in [0.15, 0.2) is 0 Å². The van der Waals surface area contributed by atoms with E-state index < -0.39 is 37.8 Å². The van der Waals surface area contributed by atoms with Gasteiger partial charge in [0, 0.05) is 39.3 Å². The zero-order chi connectivity index (χ0) is 22.6. The molecule has 1 aromatic carbocycles. The van der Waals surface area contributed by atoms with E-state index in [0.717, 1.165) is 35.9 Å². The zero-order valence-corrected chi connectivity index (χ0v) is 18.4. The molecule has 0 aliphatic carbocycles. The van der Waals surface area contributed by atoms with Gasteiger partial charge in [-0.1, -0.05) is 11.6 Å². The highest BCUT2D eigenvalue weighted by molar-refractivity contribution is 7.89. The van der Waals surface area contributed by atoms with Crippen LogP contribution in [0.4, 0.5) is 13.2 Å². The first-order valence-corrected chi connectivity index (χ1v) is 11.9. The molecular formula is C19H26ClF3N2O5S. The van der Waals surface area contributed by atoms with Gasteiger partial charge < -0.3 is 14.6 Å². The van der Waals surface area contributed by atoms with Crippen LogP contribution in [-0.4, -0.2) is 87.5 Å². The van der Waals surface area contributed by atoms with E-state index in [2.05, 4.69) is 0 Å². The van der Waals surface area contributed by atoms with Gasteiger partial charge in [-0.3, -0.25) is 4.90 Å². The molecule has 3 rings (SSSR count). The van der Waals surface area contributed by atoms with Gasteiger partial charge in [-0.2, -0.15) is 17.5 Å². The number of hydrogen-bond donors (Lipinski definition) is 1. The van der Waals surface area contributed by atoms with E-state index >= 15 is 0 Å². The Balaban J connectivity index is 1.50. The summed E-state index contributed by atoms with van der Waals surface area (Å²) in [6.07, 6.45) is -3.44. The Morgan fingerprint density at radius 3 is 2.58 bits per heavy atom. The predicted octanol–water partition coefficient (Wildman–Crippen LogP) is 2.22. The van der Waals surface area contributed by atoms with Crippen molar-refractivity contribution < 1.29 is 36.2 Å². The van der Waals surface area contributed by atoms with E-state index in [-0.39, 0.29) is 25.8 Å². The van der Waals surface area contributed by atoms with Crippen molar-refractivity contribution in [3.8, 4) is 0 Å². The first-order valence-electron chi connectivity index (χ1n) is 10.0. The Kier molecular flexibility index (Phi) is 8.22. The zero-order valence-electron chi connectivity index (χ0n) is 16.9. The largest absolute Gasteiger partial charge is 0.417 e. The summed E-state index contributed by atoms with van der Waals surface area (Å²) in [6.45, 7) is 2.55. The van der Waals surface area contributed by atoms with Crippen LogP contribution < -0.4 is 0 Å².